The molecule has 0 saturated heterocycles. The summed E-state index contributed by atoms with van der Waals surface area (Å²) in [7, 11) is 0. The topological polar surface area (TPSA) is 117 Å². The van der Waals surface area contributed by atoms with Crippen LogP contribution in [-0.4, -0.2) is 27.7 Å². The van der Waals surface area contributed by atoms with Crippen LogP contribution in [0, 0.1) is 0 Å². The third-order valence-corrected chi connectivity index (χ3v) is 4.43. The second kappa shape index (κ2) is 8.36. The molecule has 1 aromatic carbocycles. The van der Waals surface area contributed by atoms with Crippen molar-refractivity contribution >= 4 is 29.1 Å². The molecule has 0 unspecified atom stereocenters. The average molecular weight is 408 g/mol. The molecule has 30 heavy (non-hydrogen) atoms. The maximum Gasteiger partial charge on any atom is 0.272 e. The first-order valence-corrected chi connectivity index (χ1v) is 9.48. The van der Waals surface area contributed by atoms with Gasteiger partial charge in [-0.2, -0.15) is 0 Å². The lowest BCUT2D eigenvalue weighted by Gasteiger charge is -2.12. The number of nitrogens with one attached hydrogen (secondary N) is 3. The lowest BCUT2D eigenvalue weighted by molar-refractivity contribution is -0.115. The Bertz CT molecular complexity index is 1070. The van der Waals surface area contributed by atoms with Crippen LogP contribution in [-0.2, 0) is 16.6 Å². The number of nitrogens with zero attached hydrogens (tertiary/aromatic N) is 1. The van der Waals surface area contributed by atoms with Gasteiger partial charge in [-0.15, -0.1) is 0 Å². The van der Waals surface area contributed by atoms with E-state index in [2.05, 4.69) is 20.8 Å². The van der Waals surface area contributed by atoms with E-state index in [9.17, 15) is 14.4 Å². The molecule has 2 heterocycles. The van der Waals surface area contributed by atoms with Crippen molar-refractivity contribution in [3.05, 3.63) is 65.2 Å². The molecule has 2 amide bonds. The van der Waals surface area contributed by atoms with Crippen molar-refractivity contribution in [1.29, 1.82) is 0 Å². The van der Waals surface area contributed by atoms with Gasteiger partial charge in [0.1, 0.15) is 11.5 Å². The van der Waals surface area contributed by atoms with Gasteiger partial charge in [-0.05, 0) is 30.7 Å². The van der Waals surface area contributed by atoms with E-state index in [-0.39, 0.29) is 29.4 Å². The summed E-state index contributed by atoms with van der Waals surface area (Å²) in [5.74, 6) is 0.380. The van der Waals surface area contributed by atoms with Gasteiger partial charge in [0.05, 0.1) is 6.42 Å². The number of benzene rings is 1. The summed E-state index contributed by atoms with van der Waals surface area (Å²) < 4.78 is 5.26. The number of carbonyl (C=O) groups is 3. The summed E-state index contributed by atoms with van der Waals surface area (Å²) in [5.41, 5.74) is 1.91. The number of rotatable bonds is 6. The molecule has 3 aromatic rings. The first-order chi connectivity index (χ1) is 14.1. The average Bonchev–Trinajstić information content (AvgIpc) is 3.32. The number of aromatic nitrogens is 2. The number of H-pyrrole nitrogens is 1. The van der Waals surface area contributed by atoms with Crippen molar-refractivity contribution in [2.75, 3.05) is 10.6 Å². The molecule has 8 nitrogen and oxygen atoms in total. The zero-order valence-corrected chi connectivity index (χ0v) is 17.3. The Hall–Kier alpha value is -3.68. The normalized spacial score (nSPS) is 11.2. The zero-order chi connectivity index (χ0) is 21.9. The van der Waals surface area contributed by atoms with Gasteiger partial charge < -0.3 is 20.1 Å². The fourth-order valence-corrected chi connectivity index (χ4v) is 2.69. The molecular weight excluding hydrogens is 384 g/mol. The van der Waals surface area contributed by atoms with Crippen LogP contribution in [0.3, 0.4) is 0 Å². The highest BCUT2D eigenvalue weighted by atomic mass is 16.5. The van der Waals surface area contributed by atoms with E-state index in [4.69, 9.17) is 4.52 Å². The van der Waals surface area contributed by atoms with Crippen molar-refractivity contribution in [2.24, 2.45) is 0 Å². The van der Waals surface area contributed by atoms with Crippen molar-refractivity contribution in [1.82, 2.24) is 10.1 Å². The molecule has 0 spiro atoms. The van der Waals surface area contributed by atoms with Crippen molar-refractivity contribution < 1.29 is 18.9 Å². The molecule has 0 fully saturated rings. The number of ketones is 1. The molecule has 156 valence electrons. The van der Waals surface area contributed by atoms with Crippen LogP contribution < -0.4 is 10.6 Å². The zero-order valence-electron chi connectivity index (χ0n) is 17.3. The smallest absolute Gasteiger partial charge is 0.272 e. The summed E-state index contributed by atoms with van der Waals surface area (Å²) >= 11 is 0. The van der Waals surface area contributed by atoms with Crippen molar-refractivity contribution in [3.8, 4) is 0 Å². The Morgan fingerprint density at radius 3 is 2.33 bits per heavy atom. The quantitative estimate of drug-likeness (QED) is 0.534. The van der Waals surface area contributed by atoms with Crippen molar-refractivity contribution in [2.45, 2.75) is 39.5 Å². The minimum atomic E-state index is -0.353. The molecule has 0 atom stereocenters. The molecule has 8 heteroatoms. The molecule has 2 aromatic heterocycles. The Kier molecular flexibility index (Phi) is 5.86. The van der Waals surface area contributed by atoms with Gasteiger partial charge in [-0.25, -0.2) is 0 Å². The Morgan fingerprint density at radius 2 is 1.77 bits per heavy atom. The minimum Gasteiger partial charge on any atom is -0.359 e. The Morgan fingerprint density at radius 1 is 1.07 bits per heavy atom. The third-order valence-electron chi connectivity index (χ3n) is 4.43. The lowest BCUT2D eigenvalue weighted by Crippen LogP contribution is -2.15. The second-order valence-electron chi connectivity index (χ2n) is 8.06. The van der Waals surface area contributed by atoms with E-state index >= 15 is 0 Å². The predicted octanol–water partition coefficient (Wildman–Crippen LogP) is 3.94. The summed E-state index contributed by atoms with van der Waals surface area (Å²) in [6, 6.07) is 10.2. The molecule has 3 rings (SSSR count). The fraction of sp³-hybridized carbons (Fsp3) is 0.273. The number of hydrogen-bond donors (Lipinski definition) is 3. The van der Waals surface area contributed by atoms with Crippen LogP contribution in [0.2, 0.25) is 0 Å². The molecular formula is C22H24N4O4. The van der Waals surface area contributed by atoms with Crippen LogP contribution in [0.1, 0.15) is 59.9 Å². The van der Waals surface area contributed by atoms with Gasteiger partial charge >= 0.3 is 0 Å². The van der Waals surface area contributed by atoms with Crippen LogP contribution in [0.15, 0.2) is 47.1 Å². The summed E-state index contributed by atoms with van der Waals surface area (Å²) in [4.78, 5) is 38.6. The van der Waals surface area contributed by atoms with Crippen molar-refractivity contribution in [3.63, 3.8) is 0 Å². The number of amides is 2. The molecule has 0 saturated carbocycles. The summed E-state index contributed by atoms with van der Waals surface area (Å²) in [6.45, 7) is 7.43. The van der Waals surface area contributed by atoms with Gasteiger partial charge in [-0.1, -0.05) is 38.1 Å². The van der Waals surface area contributed by atoms with E-state index in [0.717, 1.165) is 5.56 Å². The van der Waals surface area contributed by atoms with E-state index in [1.54, 1.807) is 30.3 Å². The molecule has 3 N–H and O–H groups in total. The monoisotopic (exact) mass is 408 g/mol. The number of Topliss-reactive ketones (excluding diaryl/α,β-unsaturated/α-hetero) is 1. The highest BCUT2D eigenvalue weighted by Gasteiger charge is 2.20. The van der Waals surface area contributed by atoms with E-state index in [1.165, 1.54) is 19.2 Å². The highest BCUT2D eigenvalue weighted by molar-refractivity contribution is 6.05. The van der Waals surface area contributed by atoms with Gasteiger partial charge in [0.15, 0.2) is 11.6 Å². The van der Waals surface area contributed by atoms with E-state index in [1.807, 2.05) is 20.8 Å². The predicted molar refractivity (Wildman–Crippen MR) is 113 cm³/mol. The molecule has 0 aliphatic heterocycles. The summed E-state index contributed by atoms with van der Waals surface area (Å²) in [6.07, 6.45) is 1.66. The molecule has 0 radical (unpaired) electrons. The minimum absolute atomic E-state index is 0.117. The van der Waals surface area contributed by atoms with Crippen LogP contribution in [0.5, 0.6) is 0 Å². The van der Waals surface area contributed by atoms with Crippen LogP contribution in [0.25, 0.3) is 0 Å². The van der Waals surface area contributed by atoms with Gasteiger partial charge in [-0.3, -0.25) is 14.4 Å². The number of hydrogen-bond acceptors (Lipinski definition) is 5. The fourth-order valence-electron chi connectivity index (χ4n) is 2.69. The summed E-state index contributed by atoms with van der Waals surface area (Å²) in [5, 5.41) is 9.33. The molecule has 0 bridgehead atoms. The maximum atomic E-state index is 12.3. The Balaban J connectivity index is 1.56. The Labute approximate surface area is 174 Å². The largest absolute Gasteiger partial charge is 0.359 e. The SMILES string of the molecule is CC(=O)c1c[nH]c(C(=O)Nc2ccc(CC(=O)Nc3cc(C(C)(C)C)on3)cc2)c1. The standard InChI is InChI=1S/C22H24N4O4/c1-13(27)15-10-17(23-12-15)21(29)24-16-7-5-14(6-8-16)9-20(28)25-19-11-18(30-26-19)22(2,3)4/h5-8,10-12,23H,9H2,1-4H3,(H,24,29)(H,25,26,28). The molecule has 0 aliphatic rings. The van der Waals surface area contributed by atoms with Gasteiger partial charge in [0, 0.05) is 28.9 Å². The van der Waals surface area contributed by atoms with E-state index < -0.39 is 0 Å². The van der Waals surface area contributed by atoms with Crippen LogP contribution >= 0.6 is 0 Å². The maximum absolute atomic E-state index is 12.3. The second-order valence-corrected chi connectivity index (χ2v) is 8.06. The lowest BCUT2D eigenvalue weighted by atomic mass is 9.93. The first-order valence-electron chi connectivity index (χ1n) is 9.48. The highest BCUT2D eigenvalue weighted by Crippen LogP contribution is 2.24. The first kappa shape index (κ1) is 21.0. The third kappa shape index (κ3) is 5.22. The van der Waals surface area contributed by atoms with Gasteiger partial charge in [0.2, 0.25) is 5.91 Å². The van der Waals surface area contributed by atoms with Gasteiger partial charge in [0.25, 0.3) is 5.91 Å². The number of anilines is 2. The number of aromatic amines is 1. The van der Waals surface area contributed by atoms with Crippen LogP contribution in [0.4, 0.5) is 11.5 Å². The van der Waals surface area contributed by atoms with E-state index in [0.29, 0.717) is 28.5 Å². The molecule has 0 aliphatic carbocycles. The number of carbonyl (C=O) groups excluding carboxylic acids is 3.